The van der Waals surface area contributed by atoms with Crippen molar-refractivity contribution in [3.8, 4) is 0 Å². The van der Waals surface area contributed by atoms with E-state index in [9.17, 15) is 0 Å². The fraction of sp³-hybridized carbons (Fsp3) is 0.333. The van der Waals surface area contributed by atoms with Gasteiger partial charge in [0.1, 0.15) is 5.84 Å². The highest BCUT2D eigenvalue weighted by Gasteiger charge is 2.51. The monoisotopic (exact) mass is 230 g/mol. The summed E-state index contributed by atoms with van der Waals surface area (Å²) >= 11 is 0. The summed E-state index contributed by atoms with van der Waals surface area (Å²) in [7, 11) is 0. The van der Waals surface area contributed by atoms with Crippen molar-refractivity contribution in [3.05, 3.63) is 37.2 Å². The van der Waals surface area contributed by atoms with Crippen molar-refractivity contribution in [3.63, 3.8) is 0 Å². The molecule has 2 saturated heterocycles. The topological polar surface area (TPSA) is 55.8 Å². The van der Waals surface area contributed by atoms with Crippen LogP contribution in [0.25, 0.3) is 0 Å². The number of rotatable bonds is 2. The van der Waals surface area contributed by atoms with E-state index in [4.69, 9.17) is 10.1 Å². The molecule has 0 aromatic carbocycles. The van der Waals surface area contributed by atoms with Crippen molar-refractivity contribution < 1.29 is 4.74 Å². The van der Waals surface area contributed by atoms with Gasteiger partial charge in [-0.15, -0.1) is 0 Å². The Balaban J connectivity index is 1.75. The van der Waals surface area contributed by atoms with Crippen molar-refractivity contribution >= 4 is 11.5 Å². The molecule has 17 heavy (non-hydrogen) atoms. The fourth-order valence-electron chi connectivity index (χ4n) is 2.20. The van der Waals surface area contributed by atoms with Crippen LogP contribution in [0.15, 0.2) is 37.2 Å². The average Bonchev–Trinajstić information content (AvgIpc) is 3.17. The third-order valence-electron chi connectivity index (χ3n) is 3.12. The first-order chi connectivity index (χ1) is 8.31. The Morgan fingerprint density at radius 2 is 2.41 bits per heavy atom. The van der Waals surface area contributed by atoms with E-state index in [1.54, 1.807) is 12.3 Å². The zero-order valence-electron chi connectivity index (χ0n) is 9.41. The lowest BCUT2D eigenvalue weighted by Gasteiger charge is -2.32. The molecule has 5 nitrogen and oxygen atoms in total. The molecule has 3 rings (SSSR count). The van der Waals surface area contributed by atoms with Gasteiger partial charge in [-0.25, -0.2) is 0 Å². The molecule has 0 bridgehead atoms. The molecule has 2 unspecified atom stereocenters. The fourth-order valence-corrected chi connectivity index (χ4v) is 2.20. The lowest BCUT2D eigenvalue weighted by molar-refractivity contribution is 0.272. The lowest BCUT2D eigenvalue weighted by atomic mass is 10.2. The molecule has 0 aliphatic carbocycles. The number of epoxide rings is 1. The molecular formula is C12H14N4O. The lowest BCUT2D eigenvalue weighted by Crippen LogP contribution is -2.48. The number of pyridine rings is 1. The second kappa shape index (κ2) is 3.85. The first-order valence-electron chi connectivity index (χ1n) is 5.61. The Morgan fingerprint density at radius 1 is 1.53 bits per heavy atom. The molecule has 0 spiro atoms. The predicted octanol–water partition coefficient (Wildman–Crippen LogP) is 1.05. The largest absolute Gasteiger partial charge is 0.339 e. The zero-order valence-corrected chi connectivity index (χ0v) is 9.41. The molecule has 3 heterocycles. The van der Waals surface area contributed by atoms with Gasteiger partial charge >= 0.3 is 0 Å². The van der Waals surface area contributed by atoms with Crippen LogP contribution in [0.5, 0.6) is 0 Å². The van der Waals surface area contributed by atoms with E-state index in [0.717, 1.165) is 18.8 Å². The summed E-state index contributed by atoms with van der Waals surface area (Å²) in [5.74, 6) is 0.434. The molecule has 2 fully saturated rings. The Morgan fingerprint density at radius 3 is 3.12 bits per heavy atom. The standard InChI is InChI=1S/C12H14N4O/c1-2-10(13)16-7-6-15(11-12(16)17-11)9-4-3-5-14-8-9/h2-5,8,11-13H,1,6-7H2. The van der Waals surface area contributed by atoms with Crippen LogP contribution in [0.1, 0.15) is 0 Å². The van der Waals surface area contributed by atoms with Crippen molar-refractivity contribution in [2.45, 2.75) is 12.5 Å². The number of fused-ring (bicyclic) bond motifs is 1. The summed E-state index contributed by atoms with van der Waals surface area (Å²) < 4.78 is 5.62. The molecule has 2 atom stereocenters. The number of hydrogen-bond donors (Lipinski definition) is 1. The van der Waals surface area contributed by atoms with Crippen molar-refractivity contribution in [2.75, 3.05) is 18.0 Å². The number of anilines is 1. The SMILES string of the molecule is C=CC(=N)N1CCN(c2cccnc2)C2OC21. The van der Waals surface area contributed by atoms with Crippen LogP contribution < -0.4 is 4.90 Å². The minimum absolute atomic E-state index is 0.00513. The maximum atomic E-state index is 7.76. The smallest absolute Gasteiger partial charge is 0.179 e. The molecule has 2 aliphatic heterocycles. The summed E-state index contributed by atoms with van der Waals surface area (Å²) in [6.45, 7) is 5.24. The van der Waals surface area contributed by atoms with Crippen LogP contribution in [0.2, 0.25) is 0 Å². The Kier molecular flexibility index (Phi) is 2.33. The maximum Gasteiger partial charge on any atom is 0.179 e. The van der Waals surface area contributed by atoms with Gasteiger partial charge in [-0.05, 0) is 18.2 Å². The molecule has 0 amide bonds. The summed E-state index contributed by atoms with van der Waals surface area (Å²) in [5, 5.41) is 7.76. The molecule has 0 saturated carbocycles. The van der Waals surface area contributed by atoms with Crippen molar-refractivity contribution in [1.29, 1.82) is 5.41 Å². The third kappa shape index (κ3) is 1.68. The van der Waals surface area contributed by atoms with E-state index < -0.39 is 0 Å². The normalized spacial score (nSPS) is 26.4. The van der Waals surface area contributed by atoms with E-state index >= 15 is 0 Å². The predicted molar refractivity (Wildman–Crippen MR) is 64.9 cm³/mol. The first kappa shape index (κ1) is 10.3. The third-order valence-corrected chi connectivity index (χ3v) is 3.12. The average molecular weight is 230 g/mol. The molecule has 5 heteroatoms. The Labute approximate surface area is 99.8 Å². The molecular weight excluding hydrogens is 216 g/mol. The number of hydrogen-bond acceptors (Lipinski definition) is 4. The van der Waals surface area contributed by atoms with Gasteiger partial charge in [-0.3, -0.25) is 10.4 Å². The van der Waals surface area contributed by atoms with Crippen LogP contribution in [-0.4, -0.2) is 41.3 Å². The minimum atomic E-state index is -0.00513. The van der Waals surface area contributed by atoms with Crippen LogP contribution in [-0.2, 0) is 4.74 Å². The highest BCUT2D eigenvalue weighted by Crippen LogP contribution is 2.36. The molecule has 88 valence electrons. The summed E-state index contributed by atoms with van der Waals surface area (Å²) in [6, 6.07) is 3.95. The van der Waals surface area contributed by atoms with Gasteiger partial charge in [-0.2, -0.15) is 0 Å². The van der Waals surface area contributed by atoms with Gasteiger partial charge in [0.05, 0.1) is 11.9 Å². The quantitative estimate of drug-likeness (QED) is 0.469. The first-order valence-corrected chi connectivity index (χ1v) is 5.61. The van der Waals surface area contributed by atoms with Gasteiger partial charge in [0.15, 0.2) is 12.5 Å². The number of amidine groups is 1. The van der Waals surface area contributed by atoms with Crippen LogP contribution in [0.3, 0.4) is 0 Å². The van der Waals surface area contributed by atoms with Gasteiger partial charge in [0.25, 0.3) is 0 Å². The minimum Gasteiger partial charge on any atom is -0.339 e. The highest BCUT2D eigenvalue weighted by atomic mass is 16.6. The number of nitrogens with zero attached hydrogens (tertiary/aromatic N) is 3. The van der Waals surface area contributed by atoms with Crippen LogP contribution in [0, 0.1) is 5.41 Å². The van der Waals surface area contributed by atoms with Crippen LogP contribution in [0.4, 0.5) is 5.69 Å². The molecule has 2 aliphatic rings. The summed E-state index contributed by atoms with van der Waals surface area (Å²) in [6.07, 6.45) is 5.20. The molecule has 0 radical (unpaired) electrons. The number of aromatic nitrogens is 1. The maximum absolute atomic E-state index is 7.76. The van der Waals surface area contributed by atoms with Gasteiger partial charge in [0.2, 0.25) is 0 Å². The summed E-state index contributed by atoms with van der Waals surface area (Å²) in [4.78, 5) is 8.23. The number of nitrogens with one attached hydrogen (secondary N) is 1. The second-order valence-corrected chi connectivity index (χ2v) is 4.10. The molecule has 1 aromatic heterocycles. The zero-order chi connectivity index (χ0) is 11.8. The van der Waals surface area contributed by atoms with Crippen LogP contribution >= 0.6 is 0 Å². The second-order valence-electron chi connectivity index (χ2n) is 4.10. The van der Waals surface area contributed by atoms with E-state index in [1.165, 1.54) is 0 Å². The number of piperazine rings is 1. The Hall–Kier alpha value is -1.88. The van der Waals surface area contributed by atoms with E-state index in [1.807, 2.05) is 23.2 Å². The molecule has 1 N–H and O–H groups in total. The van der Waals surface area contributed by atoms with E-state index in [0.29, 0.717) is 5.84 Å². The van der Waals surface area contributed by atoms with E-state index in [-0.39, 0.29) is 12.5 Å². The summed E-state index contributed by atoms with van der Waals surface area (Å²) in [5.41, 5.74) is 1.07. The van der Waals surface area contributed by atoms with Gasteiger partial charge < -0.3 is 14.5 Å². The molecule has 1 aromatic rings. The van der Waals surface area contributed by atoms with Gasteiger partial charge in [-0.1, -0.05) is 6.58 Å². The van der Waals surface area contributed by atoms with Crippen molar-refractivity contribution in [2.24, 2.45) is 0 Å². The highest BCUT2D eigenvalue weighted by molar-refractivity contribution is 5.90. The number of ether oxygens (including phenoxy) is 1. The van der Waals surface area contributed by atoms with Crippen molar-refractivity contribution in [1.82, 2.24) is 9.88 Å². The van der Waals surface area contributed by atoms with Gasteiger partial charge in [0, 0.05) is 19.3 Å². The van der Waals surface area contributed by atoms with E-state index in [2.05, 4.69) is 16.5 Å². The Bertz CT molecular complexity index is 447.